The molecular weight excluding hydrogens is 258 g/mol. The summed E-state index contributed by atoms with van der Waals surface area (Å²) in [5, 5.41) is 7.00. The van der Waals surface area contributed by atoms with E-state index in [1.54, 1.807) is 25.4 Å². The summed E-state index contributed by atoms with van der Waals surface area (Å²) in [6.45, 7) is 0. The number of hydrogen-bond acceptors (Lipinski definition) is 5. The molecule has 18 heavy (non-hydrogen) atoms. The predicted octanol–water partition coefficient (Wildman–Crippen LogP) is 1.34. The Morgan fingerprint density at radius 2 is 2.39 bits per heavy atom. The smallest absolute Gasteiger partial charge is 0.366 e. The number of aromatic nitrogens is 3. The molecule has 0 fully saturated rings. The fourth-order valence-corrected chi connectivity index (χ4v) is 1.31. The first kappa shape index (κ1) is 12.3. The van der Waals surface area contributed by atoms with Crippen LogP contribution in [0.25, 0.3) is 17.5 Å². The summed E-state index contributed by atoms with van der Waals surface area (Å²) in [6.07, 6.45) is 4.17. The molecule has 0 aliphatic heterocycles. The van der Waals surface area contributed by atoms with Crippen LogP contribution < -0.4 is 9.72 Å². The number of allylic oxidation sites excluding steroid dienone is 1. The normalized spacial score (nSPS) is 10.8. The number of methoxy groups -OCH3 is 1. The Balaban J connectivity index is 2.26. The van der Waals surface area contributed by atoms with Crippen molar-refractivity contribution < 1.29 is 18.9 Å². The molecule has 0 atom stereocenters. The van der Waals surface area contributed by atoms with Crippen LogP contribution in [0.3, 0.4) is 0 Å². The molecule has 0 amide bonds. The molecule has 2 rings (SSSR count). The van der Waals surface area contributed by atoms with Gasteiger partial charge in [0.2, 0.25) is 17.0 Å². The largest absolute Gasteiger partial charge is 0.448 e. The molecule has 0 saturated carbocycles. The van der Waals surface area contributed by atoms with Crippen molar-refractivity contribution in [3.05, 3.63) is 30.3 Å². The molecule has 0 saturated heterocycles. The molecule has 0 aliphatic carbocycles. The van der Waals surface area contributed by atoms with Crippen LogP contribution in [0.15, 0.2) is 28.8 Å². The predicted molar refractivity (Wildman–Crippen MR) is 62.7 cm³/mol. The number of nitrogens with zero attached hydrogens (tertiary/aromatic N) is 2. The minimum Gasteiger partial charge on any atom is -0.448 e. The van der Waals surface area contributed by atoms with Crippen LogP contribution in [-0.2, 0) is 4.79 Å². The van der Waals surface area contributed by atoms with Crippen LogP contribution in [0, 0.1) is 0 Å². The third kappa shape index (κ3) is 2.92. The van der Waals surface area contributed by atoms with Crippen LogP contribution in [-0.4, -0.2) is 22.5 Å². The van der Waals surface area contributed by atoms with E-state index in [2.05, 4.69) is 15.2 Å². The van der Waals surface area contributed by atoms with E-state index < -0.39 is 5.24 Å². The Hall–Kier alpha value is -2.21. The molecule has 0 radical (unpaired) electrons. The molecule has 0 aromatic carbocycles. The second-order valence-corrected chi connectivity index (χ2v) is 3.60. The average Bonchev–Trinajstić information content (AvgIpc) is 2.85. The van der Waals surface area contributed by atoms with Gasteiger partial charge in [-0.1, -0.05) is 0 Å². The Kier molecular flexibility index (Phi) is 3.69. The Bertz CT molecular complexity index is 595. The van der Waals surface area contributed by atoms with E-state index in [4.69, 9.17) is 20.8 Å². The van der Waals surface area contributed by atoms with E-state index in [0.717, 1.165) is 6.08 Å². The third-order valence-corrected chi connectivity index (χ3v) is 2.17. The van der Waals surface area contributed by atoms with Gasteiger partial charge in [-0.3, -0.25) is 4.79 Å². The Labute approximate surface area is 107 Å². The number of nitrogens with one attached hydrogen (secondary N) is 1. The van der Waals surface area contributed by atoms with Gasteiger partial charge in [-0.2, -0.15) is 4.98 Å². The van der Waals surface area contributed by atoms with Crippen LogP contribution in [0.4, 0.5) is 0 Å². The Morgan fingerprint density at radius 3 is 3.11 bits per heavy atom. The first-order valence-electron chi connectivity index (χ1n) is 4.96. The van der Waals surface area contributed by atoms with Crippen molar-refractivity contribution in [1.82, 2.24) is 10.2 Å². The number of aromatic amines is 1. The summed E-state index contributed by atoms with van der Waals surface area (Å²) in [7, 11) is 1.55. The number of hydrogen-bond donors (Lipinski definition) is 0. The summed E-state index contributed by atoms with van der Waals surface area (Å²) in [5.74, 6) is 1.09. The second kappa shape index (κ2) is 5.42. The van der Waals surface area contributed by atoms with Crippen molar-refractivity contribution in [1.29, 1.82) is 0 Å². The SMILES string of the molecule is COc1cc(-c2nnc(/C=C/C(=O)Cl)o2)cc[nH+]1. The van der Waals surface area contributed by atoms with Crippen LogP contribution >= 0.6 is 11.6 Å². The van der Waals surface area contributed by atoms with Crippen molar-refractivity contribution in [2.24, 2.45) is 0 Å². The van der Waals surface area contributed by atoms with Gasteiger partial charge in [0.15, 0.2) is 6.20 Å². The van der Waals surface area contributed by atoms with E-state index in [0.29, 0.717) is 17.3 Å². The first-order valence-corrected chi connectivity index (χ1v) is 5.34. The highest BCUT2D eigenvalue weighted by molar-refractivity contribution is 6.66. The fourth-order valence-electron chi connectivity index (χ4n) is 1.25. The maximum absolute atomic E-state index is 10.5. The highest BCUT2D eigenvalue weighted by Gasteiger charge is 2.10. The van der Waals surface area contributed by atoms with Crippen molar-refractivity contribution in [2.75, 3.05) is 7.11 Å². The summed E-state index contributed by atoms with van der Waals surface area (Å²) in [4.78, 5) is 13.4. The topological polar surface area (TPSA) is 79.4 Å². The van der Waals surface area contributed by atoms with Crippen LogP contribution in [0.1, 0.15) is 5.89 Å². The molecule has 0 aliphatic rings. The number of carbonyl (C=O) groups is 1. The number of H-pyrrole nitrogens is 1. The molecule has 0 unspecified atom stereocenters. The van der Waals surface area contributed by atoms with E-state index in [9.17, 15) is 4.79 Å². The average molecular weight is 267 g/mol. The minimum atomic E-state index is -0.606. The lowest BCUT2D eigenvalue weighted by Gasteiger charge is -1.93. The standard InChI is InChI=1S/C11H8ClN3O3/c1-17-10-6-7(4-5-13-10)11-15-14-9(18-11)3-2-8(12)16/h2-6H,1H3/p+1/b3-2+. The first-order chi connectivity index (χ1) is 8.69. The number of halogens is 1. The lowest BCUT2D eigenvalue weighted by Crippen LogP contribution is -2.05. The molecule has 1 N–H and O–H groups in total. The molecule has 0 spiro atoms. The fraction of sp³-hybridized carbons (Fsp3) is 0.0909. The lowest BCUT2D eigenvalue weighted by atomic mass is 10.3. The van der Waals surface area contributed by atoms with E-state index in [-0.39, 0.29) is 5.89 Å². The number of ether oxygens (including phenoxy) is 1. The zero-order valence-corrected chi connectivity index (χ0v) is 10.1. The van der Waals surface area contributed by atoms with Crippen molar-refractivity contribution in [3.63, 3.8) is 0 Å². The molecular formula is C11H9ClN3O3+. The molecule has 2 heterocycles. The number of rotatable bonds is 4. The summed E-state index contributed by atoms with van der Waals surface area (Å²) < 4.78 is 10.4. The lowest BCUT2D eigenvalue weighted by molar-refractivity contribution is -0.392. The van der Waals surface area contributed by atoms with Crippen LogP contribution in [0.2, 0.25) is 0 Å². The molecule has 92 valence electrons. The molecule has 2 aromatic heterocycles. The van der Waals surface area contributed by atoms with E-state index >= 15 is 0 Å². The minimum absolute atomic E-state index is 0.200. The molecule has 6 nitrogen and oxygen atoms in total. The quantitative estimate of drug-likeness (QED) is 0.616. The zero-order valence-electron chi connectivity index (χ0n) is 9.38. The number of carbonyl (C=O) groups excluding carboxylic acids is 1. The Morgan fingerprint density at radius 1 is 1.56 bits per heavy atom. The highest BCUT2D eigenvalue weighted by Crippen LogP contribution is 2.19. The molecule has 2 aromatic rings. The maximum Gasteiger partial charge on any atom is 0.366 e. The van der Waals surface area contributed by atoms with Gasteiger partial charge in [-0.25, -0.2) is 0 Å². The molecule has 7 heteroatoms. The summed E-state index contributed by atoms with van der Waals surface area (Å²) in [6, 6.07) is 3.48. The van der Waals surface area contributed by atoms with E-state index in [1.165, 1.54) is 6.08 Å². The van der Waals surface area contributed by atoms with Crippen molar-refractivity contribution >= 4 is 22.9 Å². The van der Waals surface area contributed by atoms with Gasteiger partial charge >= 0.3 is 5.88 Å². The van der Waals surface area contributed by atoms with Gasteiger partial charge in [0, 0.05) is 18.2 Å². The van der Waals surface area contributed by atoms with Crippen molar-refractivity contribution in [3.8, 4) is 17.3 Å². The van der Waals surface area contributed by atoms with Gasteiger partial charge in [-0.15, -0.1) is 10.2 Å². The highest BCUT2D eigenvalue weighted by atomic mass is 35.5. The maximum atomic E-state index is 10.5. The third-order valence-electron chi connectivity index (χ3n) is 2.04. The van der Waals surface area contributed by atoms with Gasteiger partial charge in [0.1, 0.15) is 0 Å². The van der Waals surface area contributed by atoms with E-state index in [1.807, 2.05) is 0 Å². The number of pyridine rings is 1. The second-order valence-electron chi connectivity index (χ2n) is 3.23. The van der Waals surface area contributed by atoms with Gasteiger partial charge < -0.3 is 9.15 Å². The zero-order chi connectivity index (χ0) is 13.0. The van der Waals surface area contributed by atoms with Gasteiger partial charge in [0.25, 0.3) is 0 Å². The van der Waals surface area contributed by atoms with Crippen molar-refractivity contribution in [2.45, 2.75) is 0 Å². The van der Waals surface area contributed by atoms with Gasteiger partial charge in [0.05, 0.1) is 18.7 Å². The monoisotopic (exact) mass is 266 g/mol. The summed E-state index contributed by atoms with van der Waals surface area (Å²) >= 11 is 5.15. The van der Waals surface area contributed by atoms with Gasteiger partial charge in [-0.05, 0) is 11.6 Å². The van der Waals surface area contributed by atoms with Crippen LogP contribution in [0.5, 0.6) is 5.88 Å². The summed E-state index contributed by atoms with van der Waals surface area (Å²) in [5.41, 5.74) is 0.704. The molecule has 0 bridgehead atoms.